The van der Waals surface area contributed by atoms with Gasteiger partial charge < -0.3 is 5.73 Å². The molecule has 3 N–H and O–H groups in total. The Morgan fingerprint density at radius 2 is 2.00 bits per heavy atom. The number of halogens is 1. The molecule has 1 aromatic carbocycles. The second-order valence-electron chi connectivity index (χ2n) is 4.26. The summed E-state index contributed by atoms with van der Waals surface area (Å²) in [6, 6.07) is 4.01. The van der Waals surface area contributed by atoms with Gasteiger partial charge in [-0.25, -0.2) is 4.99 Å². The second kappa shape index (κ2) is 5.65. The van der Waals surface area contributed by atoms with E-state index in [1.165, 1.54) is 5.56 Å². The number of nitrogens with one attached hydrogen (secondary N) is 1. The molecular formula is C12H19ClN2P+. The third kappa shape index (κ3) is 3.47. The Morgan fingerprint density at radius 3 is 2.50 bits per heavy atom. The van der Waals surface area contributed by atoms with E-state index in [1.807, 2.05) is 19.2 Å². The van der Waals surface area contributed by atoms with Crippen LogP contribution < -0.4 is 10.7 Å². The topological polar surface area (TPSA) is 40.0 Å². The molecule has 0 spiro atoms. The lowest BCUT2D eigenvalue weighted by atomic mass is 10.00. The molecule has 16 heavy (non-hydrogen) atoms. The molecule has 0 fully saturated rings. The van der Waals surface area contributed by atoms with E-state index in [2.05, 4.69) is 34.1 Å². The van der Waals surface area contributed by atoms with Crippen LogP contribution in [0.25, 0.3) is 0 Å². The Balaban J connectivity index is 3.16. The van der Waals surface area contributed by atoms with E-state index in [1.54, 1.807) is 0 Å². The van der Waals surface area contributed by atoms with Crippen LogP contribution in [0, 0.1) is 0 Å². The summed E-state index contributed by atoms with van der Waals surface area (Å²) < 4.78 is 0. The molecule has 0 aliphatic heterocycles. The molecule has 2 atom stereocenters. The third-order valence-corrected chi connectivity index (χ3v) is 2.86. The van der Waals surface area contributed by atoms with Crippen molar-refractivity contribution in [1.82, 2.24) is 0 Å². The molecule has 0 aliphatic carbocycles. The van der Waals surface area contributed by atoms with Crippen LogP contribution in [0.15, 0.2) is 12.1 Å². The van der Waals surface area contributed by atoms with Crippen molar-refractivity contribution in [1.29, 1.82) is 0 Å². The molecule has 1 unspecified atom stereocenters. The van der Waals surface area contributed by atoms with Crippen LogP contribution in [0.5, 0.6) is 0 Å². The SMILES string of the molecule is CC(C)c1cc(Cl)c(N)c(/C=[NH+]\[C@@H](C)P)c1. The maximum absolute atomic E-state index is 6.10. The Labute approximate surface area is 104 Å². The van der Waals surface area contributed by atoms with Crippen molar-refractivity contribution in [2.24, 2.45) is 0 Å². The minimum atomic E-state index is 0.306. The summed E-state index contributed by atoms with van der Waals surface area (Å²) in [6.45, 7) is 6.32. The second-order valence-corrected chi connectivity index (χ2v) is 5.67. The molecule has 0 aromatic heterocycles. The molecule has 0 amide bonds. The number of anilines is 1. The fourth-order valence-electron chi connectivity index (χ4n) is 1.33. The molecule has 4 heteroatoms. The van der Waals surface area contributed by atoms with Crippen LogP contribution in [-0.4, -0.2) is 12.0 Å². The van der Waals surface area contributed by atoms with Crippen LogP contribution in [-0.2, 0) is 0 Å². The number of benzene rings is 1. The lowest BCUT2D eigenvalue weighted by molar-refractivity contribution is -0.463. The minimum Gasteiger partial charge on any atom is -0.397 e. The molecule has 0 aliphatic rings. The van der Waals surface area contributed by atoms with E-state index in [0.717, 1.165) is 5.56 Å². The van der Waals surface area contributed by atoms with Crippen molar-refractivity contribution in [2.75, 3.05) is 5.73 Å². The van der Waals surface area contributed by atoms with Gasteiger partial charge in [0.1, 0.15) is 0 Å². The lowest BCUT2D eigenvalue weighted by Crippen LogP contribution is -2.73. The summed E-state index contributed by atoms with van der Waals surface area (Å²) in [7, 11) is 2.67. The molecule has 0 heterocycles. The summed E-state index contributed by atoms with van der Waals surface area (Å²) in [5.41, 5.74) is 8.70. The summed E-state index contributed by atoms with van der Waals surface area (Å²) in [6.07, 6.45) is 1.91. The van der Waals surface area contributed by atoms with Crippen molar-refractivity contribution in [2.45, 2.75) is 32.5 Å². The number of nitrogen functional groups attached to an aromatic ring is 1. The largest absolute Gasteiger partial charge is 0.397 e. The van der Waals surface area contributed by atoms with Crippen LogP contribution >= 0.6 is 20.8 Å². The average Bonchev–Trinajstić information content (AvgIpc) is 2.19. The zero-order chi connectivity index (χ0) is 12.3. The summed E-state index contributed by atoms with van der Waals surface area (Å²) >= 11 is 6.10. The van der Waals surface area contributed by atoms with Crippen molar-refractivity contribution in [3.63, 3.8) is 0 Å². The minimum absolute atomic E-state index is 0.306. The van der Waals surface area contributed by atoms with E-state index in [4.69, 9.17) is 17.3 Å². The van der Waals surface area contributed by atoms with Crippen molar-refractivity contribution >= 4 is 32.7 Å². The Morgan fingerprint density at radius 1 is 1.38 bits per heavy atom. The molecule has 2 nitrogen and oxygen atoms in total. The molecule has 0 radical (unpaired) electrons. The average molecular weight is 258 g/mol. The van der Waals surface area contributed by atoms with Gasteiger partial charge in [-0.2, -0.15) is 0 Å². The molecule has 0 bridgehead atoms. The first kappa shape index (κ1) is 13.5. The van der Waals surface area contributed by atoms with E-state index < -0.39 is 0 Å². The molecule has 1 aromatic rings. The van der Waals surface area contributed by atoms with Gasteiger partial charge in [0, 0.05) is 6.92 Å². The van der Waals surface area contributed by atoms with Crippen molar-refractivity contribution in [3.8, 4) is 0 Å². The van der Waals surface area contributed by atoms with Crippen LogP contribution in [0.4, 0.5) is 5.69 Å². The third-order valence-electron chi connectivity index (χ3n) is 2.35. The number of nitrogens with two attached hydrogens (primary N) is 1. The van der Waals surface area contributed by atoms with E-state index in [9.17, 15) is 0 Å². The standard InChI is InChI=1S/C12H18ClN2P/c1-7(2)9-4-10(6-15-8(3)16)12(14)11(13)5-9/h4-8H,14,16H2,1-3H3/p+1/b15-6-/t8-/m1/s1. The van der Waals surface area contributed by atoms with Crippen LogP contribution in [0.3, 0.4) is 0 Å². The normalized spacial score (nSPS) is 13.6. The first-order valence-electron chi connectivity index (χ1n) is 5.35. The number of hydrogen-bond donors (Lipinski definition) is 2. The highest BCUT2D eigenvalue weighted by atomic mass is 35.5. The van der Waals surface area contributed by atoms with Gasteiger partial charge in [0.25, 0.3) is 0 Å². The van der Waals surface area contributed by atoms with Gasteiger partial charge in [0.05, 0.1) is 16.3 Å². The number of hydrogen-bond acceptors (Lipinski definition) is 1. The molecule has 1 rings (SSSR count). The first-order valence-corrected chi connectivity index (χ1v) is 6.40. The van der Waals surface area contributed by atoms with Gasteiger partial charge in [-0.15, -0.1) is 0 Å². The van der Waals surface area contributed by atoms with Crippen LogP contribution in [0.2, 0.25) is 5.02 Å². The number of rotatable bonds is 3. The van der Waals surface area contributed by atoms with Crippen molar-refractivity contribution < 1.29 is 4.99 Å². The predicted octanol–water partition coefficient (Wildman–Crippen LogP) is 1.77. The Kier molecular flexibility index (Phi) is 4.76. The molecular weight excluding hydrogens is 239 g/mol. The zero-order valence-corrected chi connectivity index (χ0v) is 11.8. The Hall–Kier alpha value is -0.590. The van der Waals surface area contributed by atoms with Crippen molar-refractivity contribution in [3.05, 3.63) is 28.3 Å². The Bertz CT molecular complexity index is 400. The van der Waals surface area contributed by atoms with Gasteiger partial charge in [-0.3, -0.25) is 0 Å². The van der Waals surface area contributed by atoms with Gasteiger partial charge in [0.15, 0.2) is 12.0 Å². The summed E-state index contributed by atoms with van der Waals surface area (Å²) in [5.74, 6) is 0.750. The predicted molar refractivity (Wildman–Crippen MR) is 75.3 cm³/mol. The molecule has 0 saturated heterocycles. The highest BCUT2D eigenvalue weighted by Crippen LogP contribution is 2.27. The fraction of sp³-hybridized carbons (Fsp3) is 0.417. The maximum Gasteiger partial charge on any atom is 0.171 e. The summed E-state index contributed by atoms with van der Waals surface area (Å²) in [4.78, 5) is 3.20. The molecule has 0 saturated carbocycles. The lowest BCUT2D eigenvalue weighted by Gasteiger charge is -2.09. The van der Waals surface area contributed by atoms with Gasteiger partial charge >= 0.3 is 0 Å². The van der Waals surface area contributed by atoms with E-state index >= 15 is 0 Å². The fourth-order valence-corrected chi connectivity index (χ4v) is 1.67. The van der Waals surface area contributed by atoms with Crippen LogP contribution in [0.1, 0.15) is 37.8 Å². The summed E-state index contributed by atoms with van der Waals surface area (Å²) in [5, 5.41) is 0.621. The smallest absolute Gasteiger partial charge is 0.171 e. The first-order chi connectivity index (χ1) is 7.41. The quantitative estimate of drug-likeness (QED) is 0.484. The zero-order valence-electron chi connectivity index (χ0n) is 9.92. The highest BCUT2D eigenvalue weighted by molar-refractivity contribution is 7.17. The van der Waals surface area contributed by atoms with Gasteiger partial charge in [0.2, 0.25) is 0 Å². The van der Waals surface area contributed by atoms with Gasteiger partial charge in [-0.1, -0.05) is 34.7 Å². The molecule has 88 valence electrons. The highest BCUT2D eigenvalue weighted by Gasteiger charge is 2.09. The van der Waals surface area contributed by atoms with Gasteiger partial charge in [-0.05, 0) is 23.6 Å². The van der Waals surface area contributed by atoms with E-state index in [-0.39, 0.29) is 0 Å². The monoisotopic (exact) mass is 257 g/mol. The van der Waals surface area contributed by atoms with E-state index in [0.29, 0.717) is 22.4 Å². The maximum atomic E-state index is 6.10.